The molecule has 0 fully saturated rings. The van der Waals surface area contributed by atoms with Crippen LogP contribution in [0.15, 0.2) is 364 Å². The molecule has 0 amide bonds. The lowest BCUT2D eigenvalue weighted by Gasteiger charge is -2.25. The summed E-state index contributed by atoms with van der Waals surface area (Å²) >= 11 is 1.86. The first-order valence-corrected chi connectivity index (χ1v) is 40.3. The van der Waals surface area contributed by atoms with Gasteiger partial charge in [0, 0.05) is 88.4 Å². The molecule has 0 bridgehead atoms. The Morgan fingerprint density at radius 2 is 0.530 bits per heavy atom. The van der Waals surface area contributed by atoms with Crippen molar-refractivity contribution in [2.75, 3.05) is 0 Å². The fourth-order valence-corrected chi connectivity index (χ4v) is 20.5. The number of hydrogen-bond donors (Lipinski definition) is 0. The van der Waals surface area contributed by atoms with Gasteiger partial charge >= 0.3 is 0 Å². The number of aromatic nitrogens is 6. The van der Waals surface area contributed by atoms with E-state index in [1.807, 2.05) is 103 Å². The highest BCUT2D eigenvalue weighted by molar-refractivity contribution is 7.27. The average molecular weight is 1490 g/mol. The van der Waals surface area contributed by atoms with Gasteiger partial charge < -0.3 is 0 Å². The van der Waals surface area contributed by atoms with Crippen molar-refractivity contribution in [1.29, 1.82) is 0 Å². The molecule has 0 saturated carbocycles. The third-order valence-corrected chi connectivity index (χ3v) is 25.6. The largest absolute Gasteiger partial charge is 0.237 e. The number of nitrogens with zero attached hydrogens (tertiary/aromatic N) is 6. The highest BCUT2D eigenvalue weighted by Crippen LogP contribution is 2.57. The molecule has 4 heterocycles. The Balaban J connectivity index is 0.000000105. The van der Waals surface area contributed by atoms with E-state index in [9.17, 15) is 0 Å². The smallest absolute Gasteiger partial charge is 0.161 e. The molecular formula is C108H72N6S. The Hall–Kier alpha value is -14.2. The third kappa shape index (κ3) is 10.8. The number of hydrogen-bond acceptors (Lipinski definition) is 7. The van der Waals surface area contributed by atoms with E-state index in [0.717, 1.165) is 67.9 Å². The Morgan fingerprint density at radius 1 is 0.209 bits per heavy atom. The van der Waals surface area contributed by atoms with Crippen LogP contribution in [0.1, 0.15) is 49.9 Å². The van der Waals surface area contributed by atoms with E-state index in [1.54, 1.807) is 0 Å². The molecular weight excluding hydrogens is 1410 g/mol. The zero-order chi connectivity index (χ0) is 76.6. The summed E-state index contributed by atoms with van der Waals surface area (Å²) in [5, 5.41) is 26.3. The average Bonchev–Trinajstić information content (AvgIpc) is 1.59. The van der Waals surface area contributed by atoms with Crippen molar-refractivity contribution >= 4 is 128 Å². The van der Waals surface area contributed by atoms with E-state index < -0.39 is 0 Å². The minimum absolute atomic E-state index is 0.138. The fourth-order valence-electron chi connectivity index (χ4n) is 19.1. The maximum Gasteiger partial charge on any atom is 0.161 e. The quantitative estimate of drug-likeness (QED) is 0.154. The molecule has 0 spiro atoms. The number of fused-ring (bicyclic) bond motifs is 30. The molecule has 0 aliphatic heterocycles. The molecule has 0 radical (unpaired) electrons. The molecule has 4 aromatic heterocycles. The molecule has 540 valence electrons. The van der Waals surface area contributed by atoms with Crippen molar-refractivity contribution in [2.45, 2.75) is 38.5 Å². The topological polar surface area (TPSA) is 77.3 Å². The highest BCUT2D eigenvalue weighted by atomic mass is 32.1. The molecule has 18 aromatic carbocycles. The second-order valence-electron chi connectivity index (χ2n) is 31.4. The van der Waals surface area contributed by atoms with Crippen LogP contribution in [-0.4, -0.2) is 29.9 Å². The van der Waals surface area contributed by atoms with Gasteiger partial charge in [-0.1, -0.05) is 337 Å². The second-order valence-corrected chi connectivity index (χ2v) is 32.4. The molecule has 0 N–H and O–H groups in total. The monoisotopic (exact) mass is 1480 g/mol. The lowest BCUT2D eigenvalue weighted by atomic mass is 9.78. The summed E-state index contributed by atoms with van der Waals surface area (Å²) in [4.78, 5) is 28.9. The van der Waals surface area contributed by atoms with Crippen LogP contribution in [0.25, 0.3) is 207 Å². The van der Waals surface area contributed by atoms with Gasteiger partial charge in [-0.3, -0.25) is 0 Å². The van der Waals surface area contributed by atoms with Gasteiger partial charge in [-0.2, -0.15) is 0 Å². The molecule has 7 heteroatoms. The molecule has 0 atom stereocenters. The Labute approximate surface area is 669 Å². The second kappa shape index (κ2) is 26.7. The standard InChI is InChI=1S/2C37H26N2.C34H20N2S/c1-37(2)32-19-16-24(36-38-21-20-33(39-36)23-10-4-3-5-11-23)22-31(32)30-18-17-29-27-14-7-6-12-25(27)26-13-8-9-15-28(26)34(29)35(30)37;1-37(2)32-22-24(36-38-21-20-33(39-36)23-10-4-3-5-11-23)16-17-28(32)31-19-18-30-27-14-7-6-12-25(27)26-13-8-9-15-29(26)34(30)35(31)37;1-2-9-21(10-3-1)30-19-20-35-34(36-30)29-16-8-15-27-28-18-17-26-24-13-5-4-11-22(24)23-12-6-7-14-25(23)31(26)33(28)37-32(27)29/h2*3-22H,1-2H3;1-20H. The Bertz CT molecular complexity index is 7680. The van der Waals surface area contributed by atoms with Gasteiger partial charge in [-0.05, 0) is 172 Å². The Kier molecular flexibility index (Phi) is 15.7. The van der Waals surface area contributed by atoms with E-state index >= 15 is 0 Å². The van der Waals surface area contributed by atoms with Crippen LogP contribution in [0, 0.1) is 0 Å². The van der Waals surface area contributed by atoms with Gasteiger partial charge in [0.15, 0.2) is 17.5 Å². The van der Waals surface area contributed by atoms with Crippen LogP contribution in [-0.2, 0) is 10.8 Å². The first-order valence-electron chi connectivity index (χ1n) is 39.5. The molecule has 2 aliphatic rings. The number of rotatable bonds is 6. The van der Waals surface area contributed by atoms with Crippen molar-refractivity contribution in [3.63, 3.8) is 0 Å². The van der Waals surface area contributed by atoms with Crippen LogP contribution in [0.3, 0.4) is 0 Å². The van der Waals surface area contributed by atoms with E-state index in [-0.39, 0.29) is 10.8 Å². The van der Waals surface area contributed by atoms with Gasteiger partial charge in [-0.25, -0.2) is 29.9 Å². The van der Waals surface area contributed by atoms with Gasteiger partial charge in [0.2, 0.25) is 0 Å². The fraction of sp³-hybridized carbons (Fsp3) is 0.0556. The zero-order valence-electron chi connectivity index (χ0n) is 63.7. The first-order chi connectivity index (χ1) is 56.6. The van der Waals surface area contributed by atoms with Crippen molar-refractivity contribution in [3.05, 3.63) is 387 Å². The molecule has 24 rings (SSSR count). The van der Waals surface area contributed by atoms with Crippen molar-refractivity contribution in [1.82, 2.24) is 29.9 Å². The molecule has 115 heavy (non-hydrogen) atoms. The lowest BCUT2D eigenvalue weighted by molar-refractivity contribution is 0.666. The number of thiophene rings is 1. The van der Waals surface area contributed by atoms with Crippen molar-refractivity contribution < 1.29 is 0 Å². The SMILES string of the molecule is CC1(C)c2cc(-c3nccc(-c4ccccc4)n3)ccc2-c2ccc3c4ccccc4c4ccccc4c3c21.CC1(C)c2ccc(-c3nccc(-c4ccccc4)n3)cc2-c2ccc3c4ccccc4c4ccccc4c3c21.c1ccc(-c2ccnc(-c3cccc4c3sc3c4ccc4c5ccccc5c5ccccc5c43)n2)cc1. The van der Waals surface area contributed by atoms with Crippen LogP contribution >= 0.6 is 11.3 Å². The minimum Gasteiger partial charge on any atom is -0.237 e. The maximum absolute atomic E-state index is 4.98. The highest BCUT2D eigenvalue weighted by Gasteiger charge is 2.40. The lowest BCUT2D eigenvalue weighted by Crippen LogP contribution is -2.16. The summed E-state index contributed by atoms with van der Waals surface area (Å²) in [7, 11) is 0. The minimum atomic E-state index is -0.178. The summed E-state index contributed by atoms with van der Waals surface area (Å²) in [6, 6.07) is 124. The summed E-state index contributed by atoms with van der Waals surface area (Å²) in [6.45, 7) is 9.47. The van der Waals surface area contributed by atoms with Gasteiger partial charge in [0.1, 0.15) is 0 Å². The molecule has 0 unspecified atom stereocenters. The summed E-state index contributed by atoms with van der Waals surface area (Å²) in [5.41, 5.74) is 19.7. The molecule has 2 aliphatic carbocycles. The van der Waals surface area contributed by atoms with Crippen molar-refractivity contribution in [2.24, 2.45) is 0 Å². The number of benzene rings is 18. The zero-order valence-corrected chi connectivity index (χ0v) is 64.5. The van der Waals surface area contributed by atoms with E-state index in [2.05, 4.69) is 311 Å². The van der Waals surface area contributed by atoms with Crippen LogP contribution < -0.4 is 0 Å². The van der Waals surface area contributed by atoms with Crippen LogP contribution in [0.2, 0.25) is 0 Å². The molecule has 22 aromatic rings. The predicted molar refractivity (Wildman–Crippen MR) is 484 cm³/mol. The van der Waals surface area contributed by atoms with Gasteiger partial charge in [0.05, 0.1) is 17.1 Å². The normalized spacial score (nSPS) is 13.0. The van der Waals surface area contributed by atoms with Crippen LogP contribution in [0.5, 0.6) is 0 Å². The molecule has 6 nitrogen and oxygen atoms in total. The van der Waals surface area contributed by atoms with E-state index in [4.69, 9.17) is 19.9 Å². The predicted octanol–water partition coefficient (Wildman–Crippen LogP) is 28.8. The van der Waals surface area contributed by atoms with Gasteiger partial charge in [-0.15, -0.1) is 11.3 Å². The maximum atomic E-state index is 4.98. The third-order valence-electron chi connectivity index (χ3n) is 24.3. The molecule has 0 saturated heterocycles. The van der Waals surface area contributed by atoms with E-state index in [0.29, 0.717) is 0 Å². The Morgan fingerprint density at radius 3 is 1.00 bits per heavy atom. The van der Waals surface area contributed by atoms with Crippen molar-refractivity contribution in [3.8, 4) is 90.2 Å². The van der Waals surface area contributed by atoms with Crippen LogP contribution in [0.4, 0.5) is 0 Å². The summed E-state index contributed by atoms with van der Waals surface area (Å²) < 4.78 is 2.55. The first kappa shape index (κ1) is 67.6. The van der Waals surface area contributed by atoms with Gasteiger partial charge in [0.25, 0.3) is 0 Å². The van der Waals surface area contributed by atoms with E-state index in [1.165, 1.54) is 162 Å². The summed E-state index contributed by atoms with van der Waals surface area (Å²) in [6.07, 6.45) is 5.59. The summed E-state index contributed by atoms with van der Waals surface area (Å²) in [5.74, 6) is 2.27.